The number of morpholine rings is 1. The van der Waals surface area contributed by atoms with Crippen molar-refractivity contribution >= 4 is 12.1 Å². The second-order valence-electron chi connectivity index (χ2n) is 6.86. The summed E-state index contributed by atoms with van der Waals surface area (Å²) in [6.45, 7) is 2.33. The molecule has 4 rings (SSSR count). The molecule has 1 N–H and O–H groups in total. The minimum Gasteiger partial charge on any atom is -0.480 e. The Morgan fingerprint density at radius 3 is 2.30 bits per heavy atom. The molecule has 0 unspecified atom stereocenters. The Labute approximate surface area is 157 Å². The zero-order valence-electron chi connectivity index (χ0n) is 15.0. The second-order valence-corrected chi connectivity index (χ2v) is 6.86. The first kappa shape index (κ1) is 17.5. The van der Waals surface area contributed by atoms with Crippen LogP contribution in [-0.2, 0) is 14.3 Å². The molecule has 1 saturated heterocycles. The van der Waals surface area contributed by atoms with Gasteiger partial charge in [0, 0.05) is 12.5 Å². The van der Waals surface area contributed by atoms with Crippen LogP contribution in [0.1, 0.15) is 24.0 Å². The fourth-order valence-electron chi connectivity index (χ4n) is 4.04. The summed E-state index contributed by atoms with van der Waals surface area (Å²) < 4.78 is 10.9. The van der Waals surface area contributed by atoms with E-state index in [1.165, 1.54) is 4.90 Å². The van der Waals surface area contributed by atoms with Crippen LogP contribution in [0.3, 0.4) is 0 Å². The predicted molar refractivity (Wildman–Crippen MR) is 98.6 cm³/mol. The lowest BCUT2D eigenvalue weighted by atomic mass is 9.98. The van der Waals surface area contributed by atoms with Crippen molar-refractivity contribution in [1.29, 1.82) is 0 Å². The van der Waals surface area contributed by atoms with E-state index in [0.717, 1.165) is 22.3 Å². The van der Waals surface area contributed by atoms with Gasteiger partial charge in [0.25, 0.3) is 0 Å². The Morgan fingerprint density at radius 2 is 1.70 bits per heavy atom. The van der Waals surface area contributed by atoms with Crippen LogP contribution in [0.4, 0.5) is 4.79 Å². The Balaban J connectivity index is 1.53. The van der Waals surface area contributed by atoms with Crippen molar-refractivity contribution in [2.24, 2.45) is 0 Å². The maximum Gasteiger partial charge on any atom is 0.410 e. The quantitative estimate of drug-likeness (QED) is 0.902. The minimum absolute atomic E-state index is 0.0527. The fraction of sp³-hybridized carbons (Fsp3) is 0.333. The number of hydrogen-bond acceptors (Lipinski definition) is 4. The van der Waals surface area contributed by atoms with E-state index in [1.54, 1.807) is 6.92 Å². The van der Waals surface area contributed by atoms with Crippen molar-refractivity contribution in [3.05, 3.63) is 59.7 Å². The van der Waals surface area contributed by atoms with E-state index < -0.39 is 24.2 Å². The molecule has 1 aliphatic heterocycles. The highest BCUT2D eigenvalue weighted by Crippen LogP contribution is 2.44. The third kappa shape index (κ3) is 3.06. The standard InChI is InChI=1S/C21H21NO5/c1-13-19(20(23)24)22(10-11-26-13)21(25)27-12-18-16-8-4-2-6-14(16)15-7-3-5-9-17(15)18/h2-9,13,18-19H,10-12H2,1H3,(H,23,24)/t13-,19-/m0/s1. The minimum atomic E-state index is -1.09. The van der Waals surface area contributed by atoms with Gasteiger partial charge in [-0.2, -0.15) is 0 Å². The third-order valence-corrected chi connectivity index (χ3v) is 5.32. The van der Waals surface area contributed by atoms with E-state index in [1.807, 2.05) is 36.4 Å². The number of ether oxygens (including phenoxy) is 2. The SMILES string of the molecule is C[C@@H]1OCCN(C(=O)OCC2c3ccccc3-c3ccccc32)[C@@H]1C(=O)O. The van der Waals surface area contributed by atoms with E-state index in [-0.39, 0.29) is 19.1 Å². The number of amides is 1. The zero-order chi connectivity index (χ0) is 19.0. The number of rotatable bonds is 3. The summed E-state index contributed by atoms with van der Waals surface area (Å²) >= 11 is 0. The smallest absolute Gasteiger partial charge is 0.410 e. The fourth-order valence-corrected chi connectivity index (χ4v) is 4.04. The highest BCUT2D eigenvalue weighted by atomic mass is 16.6. The van der Waals surface area contributed by atoms with E-state index in [9.17, 15) is 14.7 Å². The summed E-state index contributed by atoms with van der Waals surface area (Å²) in [7, 11) is 0. The first-order valence-electron chi connectivity index (χ1n) is 9.04. The molecule has 2 aromatic carbocycles. The molecule has 2 aliphatic rings. The summed E-state index contributed by atoms with van der Waals surface area (Å²) in [5, 5.41) is 9.44. The lowest BCUT2D eigenvalue weighted by molar-refractivity contribution is -0.153. The number of nitrogens with zero attached hydrogens (tertiary/aromatic N) is 1. The molecule has 1 fully saturated rings. The van der Waals surface area contributed by atoms with Crippen LogP contribution in [0.25, 0.3) is 11.1 Å². The molecule has 0 saturated carbocycles. The molecular weight excluding hydrogens is 346 g/mol. The van der Waals surface area contributed by atoms with E-state index in [0.29, 0.717) is 6.61 Å². The lowest BCUT2D eigenvalue weighted by Crippen LogP contribution is -2.56. The van der Waals surface area contributed by atoms with Crippen LogP contribution in [-0.4, -0.2) is 54.0 Å². The molecular formula is C21H21NO5. The van der Waals surface area contributed by atoms with Gasteiger partial charge in [-0.15, -0.1) is 0 Å². The number of carboxylic acids is 1. The van der Waals surface area contributed by atoms with Gasteiger partial charge >= 0.3 is 12.1 Å². The summed E-state index contributed by atoms with van der Waals surface area (Å²) in [4.78, 5) is 25.4. The average Bonchev–Trinajstić information content (AvgIpc) is 2.99. The van der Waals surface area contributed by atoms with Gasteiger partial charge in [-0.3, -0.25) is 4.90 Å². The molecule has 6 heteroatoms. The van der Waals surface area contributed by atoms with Crippen LogP contribution < -0.4 is 0 Å². The lowest BCUT2D eigenvalue weighted by Gasteiger charge is -2.36. The number of hydrogen-bond donors (Lipinski definition) is 1. The monoisotopic (exact) mass is 367 g/mol. The van der Waals surface area contributed by atoms with Crippen LogP contribution in [0.15, 0.2) is 48.5 Å². The Hall–Kier alpha value is -2.86. The molecule has 6 nitrogen and oxygen atoms in total. The van der Waals surface area contributed by atoms with Gasteiger partial charge in [0.1, 0.15) is 6.61 Å². The molecule has 2 atom stereocenters. The molecule has 0 spiro atoms. The van der Waals surface area contributed by atoms with E-state index in [4.69, 9.17) is 9.47 Å². The molecule has 27 heavy (non-hydrogen) atoms. The normalized spacial score (nSPS) is 21.4. The van der Waals surface area contributed by atoms with Crippen LogP contribution >= 0.6 is 0 Å². The van der Waals surface area contributed by atoms with Gasteiger partial charge in [0.15, 0.2) is 6.04 Å². The highest BCUT2D eigenvalue weighted by Gasteiger charge is 2.39. The Morgan fingerprint density at radius 1 is 1.11 bits per heavy atom. The zero-order valence-corrected chi connectivity index (χ0v) is 15.0. The van der Waals surface area contributed by atoms with E-state index in [2.05, 4.69) is 12.1 Å². The van der Waals surface area contributed by atoms with Gasteiger partial charge in [-0.1, -0.05) is 48.5 Å². The van der Waals surface area contributed by atoms with Crippen molar-refractivity contribution < 1.29 is 24.2 Å². The molecule has 0 radical (unpaired) electrons. The number of carbonyl (C=O) groups is 2. The van der Waals surface area contributed by atoms with Crippen molar-refractivity contribution in [1.82, 2.24) is 4.90 Å². The number of fused-ring (bicyclic) bond motifs is 3. The number of carbonyl (C=O) groups excluding carboxylic acids is 1. The van der Waals surface area contributed by atoms with Crippen molar-refractivity contribution in [2.45, 2.75) is 25.0 Å². The average molecular weight is 367 g/mol. The number of aliphatic carboxylic acids is 1. The van der Waals surface area contributed by atoms with Gasteiger partial charge < -0.3 is 14.6 Å². The van der Waals surface area contributed by atoms with Gasteiger partial charge in [0.05, 0.1) is 12.7 Å². The van der Waals surface area contributed by atoms with Crippen molar-refractivity contribution in [3.8, 4) is 11.1 Å². The Bertz CT molecular complexity index is 835. The second kappa shape index (κ2) is 7.04. The molecule has 1 heterocycles. The van der Waals surface area contributed by atoms with Gasteiger partial charge in [0.2, 0.25) is 0 Å². The maximum absolute atomic E-state index is 12.6. The van der Waals surface area contributed by atoms with Crippen LogP contribution in [0, 0.1) is 0 Å². The molecule has 1 amide bonds. The predicted octanol–water partition coefficient (Wildman–Crippen LogP) is 3.11. The Kier molecular flexibility index (Phi) is 4.58. The number of benzene rings is 2. The van der Waals surface area contributed by atoms with Crippen molar-refractivity contribution in [2.75, 3.05) is 19.8 Å². The summed E-state index contributed by atoms with van der Waals surface area (Å²) in [6.07, 6.45) is -1.18. The van der Waals surface area contributed by atoms with Gasteiger partial charge in [-0.25, -0.2) is 9.59 Å². The maximum atomic E-state index is 12.6. The first-order chi connectivity index (χ1) is 13.1. The summed E-state index contributed by atoms with van der Waals surface area (Å²) in [5.74, 6) is -1.14. The summed E-state index contributed by atoms with van der Waals surface area (Å²) in [6, 6.07) is 15.1. The van der Waals surface area contributed by atoms with E-state index >= 15 is 0 Å². The molecule has 1 aliphatic carbocycles. The topological polar surface area (TPSA) is 76.1 Å². The van der Waals surface area contributed by atoms with Crippen LogP contribution in [0.2, 0.25) is 0 Å². The first-order valence-corrected chi connectivity index (χ1v) is 9.04. The molecule has 0 bridgehead atoms. The number of carboxylic acid groups (broad SMARTS) is 1. The van der Waals surface area contributed by atoms with Crippen LogP contribution in [0.5, 0.6) is 0 Å². The third-order valence-electron chi connectivity index (χ3n) is 5.32. The van der Waals surface area contributed by atoms with Crippen molar-refractivity contribution in [3.63, 3.8) is 0 Å². The van der Waals surface area contributed by atoms with Gasteiger partial charge in [-0.05, 0) is 29.2 Å². The molecule has 140 valence electrons. The molecule has 2 aromatic rings. The summed E-state index contributed by atoms with van der Waals surface area (Å²) in [5.41, 5.74) is 4.54. The highest BCUT2D eigenvalue weighted by molar-refractivity contribution is 5.81. The largest absolute Gasteiger partial charge is 0.480 e. The molecule has 0 aromatic heterocycles.